The van der Waals surface area contributed by atoms with Crippen molar-refractivity contribution in [2.75, 3.05) is 16.2 Å². The topological polar surface area (TPSA) is 75.7 Å². The highest BCUT2D eigenvalue weighted by atomic mass is 32.2. The van der Waals surface area contributed by atoms with Gasteiger partial charge < -0.3 is 10.1 Å². The molecule has 0 aliphatic carbocycles. The molecule has 1 amide bonds. The molecule has 0 radical (unpaired) electrons. The number of carbonyl (C=O) groups is 1. The maximum atomic E-state index is 13.8. The molecule has 0 saturated heterocycles. The smallest absolute Gasteiger partial charge is 0.264 e. The number of hydrogen-bond acceptors (Lipinski definition) is 4. The minimum absolute atomic E-state index is 0.110. The zero-order valence-electron chi connectivity index (χ0n) is 22.0. The van der Waals surface area contributed by atoms with E-state index in [2.05, 4.69) is 19.2 Å². The number of carbonyl (C=O) groups excluding carboxylic acids is 1. The van der Waals surface area contributed by atoms with Crippen LogP contribution in [-0.4, -0.2) is 20.9 Å². The average Bonchev–Trinajstić information content (AvgIpc) is 2.90. The predicted molar refractivity (Wildman–Crippen MR) is 153 cm³/mol. The van der Waals surface area contributed by atoms with E-state index in [1.807, 2.05) is 62.4 Å². The van der Waals surface area contributed by atoms with E-state index in [0.717, 1.165) is 21.0 Å². The van der Waals surface area contributed by atoms with Gasteiger partial charge in [-0.1, -0.05) is 67.9 Å². The molecule has 0 heterocycles. The summed E-state index contributed by atoms with van der Waals surface area (Å²) in [5, 5.41) is 2.97. The molecular formula is C31H32N2O4S. The minimum Gasteiger partial charge on any atom is -0.457 e. The Kier molecular flexibility index (Phi) is 8.17. The highest BCUT2D eigenvalue weighted by Gasteiger charge is 2.28. The molecule has 6 nitrogen and oxygen atoms in total. The fourth-order valence-electron chi connectivity index (χ4n) is 4.11. The molecule has 0 spiro atoms. The molecule has 4 aromatic carbocycles. The second kappa shape index (κ2) is 11.5. The number of hydrogen-bond donors (Lipinski definition) is 1. The highest BCUT2D eigenvalue weighted by Crippen LogP contribution is 2.30. The van der Waals surface area contributed by atoms with E-state index in [4.69, 9.17) is 4.74 Å². The summed E-state index contributed by atoms with van der Waals surface area (Å²) in [6.07, 6.45) is 0. The van der Waals surface area contributed by atoms with Crippen LogP contribution in [0.5, 0.6) is 11.5 Å². The van der Waals surface area contributed by atoms with Crippen molar-refractivity contribution in [3.63, 3.8) is 0 Å². The predicted octanol–water partition coefficient (Wildman–Crippen LogP) is 7.05. The Labute approximate surface area is 225 Å². The number of aryl methyl sites for hydroxylation is 2. The number of ether oxygens (including phenoxy) is 1. The van der Waals surface area contributed by atoms with E-state index in [1.54, 1.807) is 48.5 Å². The molecule has 4 aromatic rings. The van der Waals surface area contributed by atoms with Gasteiger partial charge in [0.25, 0.3) is 10.0 Å². The van der Waals surface area contributed by atoms with E-state index in [0.29, 0.717) is 22.9 Å². The highest BCUT2D eigenvalue weighted by molar-refractivity contribution is 7.92. The first-order valence-electron chi connectivity index (χ1n) is 12.5. The molecule has 0 aliphatic heterocycles. The number of anilines is 2. The van der Waals surface area contributed by atoms with Gasteiger partial charge in [0.15, 0.2) is 0 Å². The lowest BCUT2D eigenvalue weighted by Crippen LogP contribution is -2.38. The average molecular weight is 529 g/mol. The second-order valence-electron chi connectivity index (χ2n) is 9.48. The maximum Gasteiger partial charge on any atom is 0.264 e. The van der Waals surface area contributed by atoms with Crippen LogP contribution in [0.15, 0.2) is 102 Å². The first-order chi connectivity index (χ1) is 18.1. The van der Waals surface area contributed by atoms with Crippen molar-refractivity contribution in [2.45, 2.75) is 38.5 Å². The molecule has 0 saturated carbocycles. The molecule has 0 unspecified atom stereocenters. The fraction of sp³-hybridized carbons (Fsp3) is 0.194. The van der Waals surface area contributed by atoms with Gasteiger partial charge in [0, 0.05) is 5.69 Å². The molecular weight excluding hydrogens is 496 g/mol. The van der Waals surface area contributed by atoms with Crippen molar-refractivity contribution in [2.24, 2.45) is 0 Å². The lowest BCUT2D eigenvalue weighted by molar-refractivity contribution is -0.114. The van der Waals surface area contributed by atoms with Gasteiger partial charge in [-0.15, -0.1) is 0 Å². The SMILES string of the molecule is Cc1ccc(S(=O)(=O)N(CC(=O)Nc2c(C)cccc2C(C)C)c2ccc(Oc3ccccc3)cc2)cc1. The van der Waals surface area contributed by atoms with Gasteiger partial charge in [-0.25, -0.2) is 8.42 Å². The van der Waals surface area contributed by atoms with Crippen molar-refractivity contribution in [3.8, 4) is 11.5 Å². The Morgan fingerprint density at radius 1 is 0.816 bits per heavy atom. The van der Waals surface area contributed by atoms with Crippen LogP contribution in [0.3, 0.4) is 0 Å². The largest absolute Gasteiger partial charge is 0.457 e. The maximum absolute atomic E-state index is 13.8. The van der Waals surface area contributed by atoms with E-state index >= 15 is 0 Å². The number of nitrogens with zero attached hydrogens (tertiary/aromatic N) is 1. The number of benzene rings is 4. The summed E-state index contributed by atoms with van der Waals surface area (Å²) in [5.74, 6) is 0.984. The van der Waals surface area contributed by atoms with Gasteiger partial charge in [-0.2, -0.15) is 0 Å². The summed E-state index contributed by atoms with van der Waals surface area (Å²) in [5.41, 5.74) is 3.92. The molecule has 4 rings (SSSR count). The van der Waals surface area contributed by atoms with Crippen LogP contribution in [0.1, 0.15) is 36.5 Å². The lowest BCUT2D eigenvalue weighted by atomic mass is 9.98. The molecule has 196 valence electrons. The molecule has 7 heteroatoms. The standard InChI is InChI=1S/C31H32N2O4S/c1-22(2)29-12-8-9-24(4)31(29)32-30(34)21-33(38(35,36)28-19-13-23(3)14-20-28)25-15-17-27(18-16-25)37-26-10-6-5-7-11-26/h5-20,22H,21H2,1-4H3,(H,32,34). The van der Waals surface area contributed by atoms with Gasteiger partial charge in [-0.05, 0) is 79.4 Å². The molecule has 0 aromatic heterocycles. The van der Waals surface area contributed by atoms with Gasteiger partial charge in [0.1, 0.15) is 18.0 Å². The van der Waals surface area contributed by atoms with Crippen molar-refractivity contribution in [1.82, 2.24) is 0 Å². The molecule has 0 atom stereocenters. The number of rotatable bonds is 9. The Balaban J connectivity index is 1.66. The normalized spacial score (nSPS) is 11.3. The van der Waals surface area contributed by atoms with Crippen LogP contribution in [-0.2, 0) is 14.8 Å². The third kappa shape index (κ3) is 6.23. The Bertz CT molecular complexity index is 1500. The second-order valence-corrected chi connectivity index (χ2v) is 11.3. The van der Waals surface area contributed by atoms with Crippen LogP contribution < -0.4 is 14.4 Å². The Morgan fingerprint density at radius 3 is 2.08 bits per heavy atom. The summed E-state index contributed by atoms with van der Waals surface area (Å²) in [4.78, 5) is 13.4. The summed E-state index contributed by atoms with van der Waals surface area (Å²) in [6, 6.07) is 28.4. The van der Waals surface area contributed by atoms with Crippen molar-refractivity contribution < 1.29 is 17.9 Å². The van der Waals surface area contributed by atoms with Crippen LogP contribution in [0.25, 0.3) is 0 Å². The third-order valence-electron chi connectivity index (χ3n) is 6.19. The van der Waals surface area contributed by atoms with Gasteiger partial charge >= 0.3 is 0 Å². The van der Waals surface area contributed by atoms with E-state index < -0.39 is 15.9 Å². The number of para-hydroxylation sites is 2. The third-order valence-corrected chi connectivity index (χ3v) is 7.98. The number of nitrogens with one attached hydrogen (secondary N) is 1. The van der Waals surface area contributed by atoms with Gasteiger partial charge in [0.2, 0.25) is 5.91 Å². The zero-order valence-corrected chi connectivity index (χ0v) is 22.8. The van der Waals surface area contributed by atoms with Crippen LogP contribution in [0, 0.1) is 13.8 Å². The summed E-state index contributed by atoms with van der Waals surface area (Å²) < 4.78 is 34.5. The van der Waals surface area contributed by atoms with E-state index in [-0.39, 0.29) is 17.4 Å². The quantitative estimate of drug-likeness (QED) is 0.252. The van der Waals surface area contributed by atoms with Gasteiger partial charge in [-0.3, -0.25) is 9.10 Å². The number of sulfonamides is 1. The monoisotopic (exact) mass is 528 g/mol. The van der Waals surface area contributed by atoms with Gasteiger partial charge in [0.05, 0.1) is 10.6 Å². The first kappa shape index (κ1) is 26.9. The Hall–Kier alpha value is -4.10. The van der Waals surface area contributed by atoms with Crippen molar-refractivity contribution in [3.05, 3.63) is 114 Å². The minimum atomic E-state index is -4.03. The van der Waals surface area contributed by atoms with Crippen LogP contribution in [0.2, 0.25) is 0 Å². The molecule has 0 bridgehead atoms. The van der Waals surface area contributed by atoms with E-state index in [1.165, 1.54) is 0 Å². The molecule has 38 heavy (non-hydrogen) atoms. The van der Waals surface area contributed by atoms with E-state index in [9.17, 15) is 13.2 Å². The molecule has 1 N–H and O–H groups in total. The van der Waals surface area contributed by atoms with Crippen LogP contribution >= 0.6 is 0 Å². The van der Waals surface area contributed by atoms with Crippen LogP contribution in [0.4, 0.5) is 11.4 Å². The summed E-state index contributed by atoms with van der Waals surface area (Å²) >= 11 is 0. The summed E-state index contributed by atoms with van der Waals surface area (Å²) in [6.45, 7) is 7.53. The first-order valence-corrected chi connectivity index (χ1v) is 13.9. The van der Waals surface area contributed by atoms with Crippen molar-refractivity contribution in [1.29, 1.82) is 0 Å². The molecule has 0 aliphatic rings. The molecule has 0 fully saturated rings. The fourth-order valence-corrected chi connectivity index (χ4v) is 5.53. The lowest BCUT2D eigenvalue weighted by Gasteiger charge is -2.25. The zero-order chi connectivity index (χ0) is 27.3. The Morgan fingerprint density at radius 2 is 1.45 bits per heavy atom. The number of amides is 1. The summed E-state index contributed by atoms with van der Waals surface area (Å²) in [7, 11) is -4.03. The van der Waals surface area contributed by atoms with Crippen molar-refractivity contribution >= 4 is 27.3 Å².